The molecular weight excluding hydrogens is 204 g/mol. The Balaban J connectivity index is 2.82. The van der Waals surface area contributed by atoms with Crippen molar-refractivity contribution in [2.75, 3.05) is 7.11 Å². The van der Waals surface area contributed by atoms with E-state index in [2.05, 4.69) is 0 Å². The molecule has 0 saturated heterocycles. The largest absolute Gasteiger partial charge is 0.361 e. The summed E-state index contributed by atoms with van der Waals surface area (Å²) in [4.78, 5) is 11.6. The molecule has 0 saturated carbocycles. The van der Waals surface area contributed by atoms with E-state index in [4.69, 9.17) is 4.74 Å². The maximum Gasteiger partial charge on any atom is 0.199 e. The quantitative estimate of drug-likeness (QED) is 0.751. The zero-order valence-corrected chi connectivity index (χ0v) is 9.77. The summed E-state index contributed by atoms with van der Waals surface area (Å²) in [5, 5.41) is 10.2. The number of methoxy groups -OCH3 is 1. The van der Waals surface area contributed by atoms with Gasteiger partial charge in [0.25, 0.3) is 0 Å². The minimum absolute atomic E-state index is 0.00134. The van der Waals surface area contributed by atoms with Crippen molar-refractivity contribution in [2.45, 2.75) is 32.0 Å². The van der Waals surface area contributed by atoms with Crippen LogP contribution in [0.5, 0.6) is 0 Å². The number of ether oxygens (including phenoxy) is 1. The number of rotatable bonds is 6. The van der Waals surface area contributed by atoms with Crippen molar-refractivity contribution in [3.05, 3.63) is 35.9 Å². The highest BCUT2D eigenvalue weighted by molar-refractivity contribution is 5.79. The molecule has 0 amide bonds. The number of ketones is 1. The lowest BCUT2D eigenvalue weighted by Gasteiger charge is -2.26. The standard InChI is InChI=1S/C13H18O3/c1-3-7-12(14)10-13(15,16-2)11-8-5-4-6-9-11/h4-6,8-9,15H,3,7,10H2,1-2H3. The van der Waals surface area contributed by atoms with Crippen molar-refractivity contribution in [3.63, 3.8) is 0 Å². The van der Waals surface area contributed by atoms with Crippen LogP contribution in [0.2, 0.25) is 0 Å². The number of carbonyl (C=O) groups excluding carboxylic acids is 1. The zero-order valence-electron chi connectivity index (χ0n) is 9.77. The highest BCUT2D eigenvalue weighted by atomic mass is 16.6. The van der Waals surface area contributed by atoms with Gasteiger partial charge in [-0.25, -0.2) is 0 Å². The van der Waals surface area contributed by atoms with E-state index < -0.39 is 5.79 Å². The summed E-state index contributed by atoms with van der Waals surface area (Å²) in [7, 11) is 1.41. The molecule has 3 heteroatoms. The van der Waals surface area contributed by atoms with Crippen LogP contribution >= 0.6 is 0 Å². The van der Waals surface area contributed by atoms with Gasteiger partial charge in [-0.3, -0.25) is 4.79 Å². The Morgan fingerprint density at radius 1 is 1.38 bits per heavy atom. The van der Waals surface area contributed by atoms with Crippen LogP contribution in [0, 0.1) is 0 Å². The SMILES string of the molecule is CCCC(=O)CC(O)(OC)c1ccccc1. The second-order valence-corrected chi connectivity index (χ2v) is 3.82. The maximum atomic E-state index is 11.6. The maximum absolute atomic E-state index is 11.6. The summed E-state index contributed by atoms with van der Waals surface area (Å²) >= 11 is 0. The number of aliphatic hydroxyl groups is 1. The van der Waals surface area contributed by atoms with Gasteiger partial charge >= 0.3 is 0 Å². The van der Waals surface area contributed by atoms with Crippen molar-refractivity contribution in [1.82, 2.24) is 0 Å². The van der Waals surface area contributed by atoms with Gasteiger partial charge in [0.2, 0.25) is 0 Å². The van der Waals surface area contributed by atoms with Gasteiger partial charge in [0.15, 0.2) is 5.79 Å². The minimum atomic E-state index is -1.49. The molecule has 0 bridgehead atoms. The first-order valence-corrected chi connectivity index (χ1v) is 5.47. The lowest BCUT2D eigenvalue weighted by molar-refractivity contribution is -0.199. The normalized spacial score (nSPS) is 14.4. The molecule has 3 nitrogen and oxygen atoms in total. The smallest absolute Gasteiger partial charge is 0.199 e. The van der Waals surface area contributed by atoms with Crippen LogP contribution in [-0.2, 0) is 15.3 Å². The molecule has 16 heavy (non-hydrogen) atoms. The lowest BCUT2D eigenvalue weighted by atomic mass is 9.98. The fourth-order valence-electron chi connectivity index (χ4n) is 1.63. The molecule has 0 heterocycles. The van der Waals surface area contributed by atoms with Crippen LogP contribution < -0.4 is 0 Å². The van der Waals surface area contributed by atoms with Crippen LogP contribution in [0.4, 0.5) is 0 Å². The number of Topliss-reactive ketones (excluding diaryl/α,β-unsaturated/α-hetero) is 1. The van der Waals surface area contributed by atoms with Crippen LogP contribution in [0.1, 0.15) is 31.7 Å². The average molecular weight is 222 g/mol. The van der Waals surface area contributed by atoms with E-state index in [-0.39, 0.29) is 12.2 Å². The Bertz CT molecular complexity index is 334. The molecule has 1 N–H and O–H groups in total. The summed E-state index contributed by atoms with van der Waals surface area (Å²) in [5.41, 5.74) is 0.613. The Hall–Kier alpha value is -1.19. The molecule has 1 aromatic carbocycles. The van der Waals surface area contributed by atoms with Crippen molar-refractivity contribution >= 4 is 5.78 Å². The van der Waals surface area contributed by atoms with Gasteiger partial charge in [0.1, 0.15) is 5.78 Å². The van der Waals surface area contributed by atoms with Gasteiger partial charge in [-0.2, -0.15) is 0 Å². The Kier molecular flexibility index (Phi) is 4.65. The number of benzene rings is 1. The van der Waals surface area contributed by atoms with Crippen molar-refractivity contribution in [3.8, 4) is 0 Å². The Labute approximate surface area is 96.1 Å². The lowest BCUT2D eigenvalue weighted by Crippen LogP contribution is -2.31. The van der Waals surface area contributed by atoms with Gasteiger partial charge in [0, 0.05) is 19.1 Å². The second-order valence-electron chi connectivity index (χ2n) is 3.82. The van der Waals surface area contributed by atoms with E-state index in [1.807, 2.05) is 25.1 Å². The minimum Gasteiger partial charge on any atom is -0.361 e. The second kappa shape index (κ2) is 5.77. The third kappa shape index (κ3) is 3.15. The van der Waals surface area contributed by atoms with Crippen molar-refractivity contribution in [1.29, 1.82) is 0 Å². The molecule has 0 aromatic heterocycles. The third-order valence-corrected chi connectivity index (χ3v) is 2.53. The number of hydrogen-bond acceptors (Lipinski definition) is 3. The number of hydrogen-bond donors (Lipinski definition) is 1. The molecular formula is C13H18O3. The molecule has 0 fully saturated rings. The molecule has 0 aliphatic heterocycles. The molecule has 0 spiro atoms. The van der Waals surface area contributed by atoms with E-state index in [1.165, 1.54) is 7.11 Å². The fourth-order valence-corrected chi connectivity index (χ4v) is 1.63. The number of carbonyl (C=O) groups is 1. The molecule has 1 atom stereocenters. The topological polar surface area (TPSA) is 46.5 Å². The highest BCUT2D eigenvalue weighted by Gasteiger charge is 2.31. The molecule has 0 aliphatic rings. The van der Waals surface area contributed by atoms with Gasteiger partial charge in [-0.15, -0.1) is 0 Å². The predicted molar refractivity (Wildman–Crippen MR) is 61.9 cm³/mol. The average Bonchev–Trinajstić information content (AvgIpc) is 2.30. The third-order valence-electron chi connectivity index (χ3n) is 2.53. The van der Waals surface area contributed by atoms with E-state index in [0.717, 1.165) is 6.42 Å². The van der Waals surface area contributed by atoms with Crippen LogP contribution in [0.25, 0.3) is 0 Å². The van der Waals surface area contributed by atoms with E-state index >= 15 is 0 Å². The van der Waals surface area contributed by atoms with Crippen molar-refractivity contribution in [2.24, 2.45) is 0 Å². The molecule has 0 aliphatic carbocycles. The Morgan fingerprint density at radius 3 is 2.50 bits per heavy atom. The summed E-state index contributed by atoms with van der Waals surface area (Å²) in [6, 6.07) is 8.98. The van der Waals surface area contributed by atoms with Gasteiger partial charge < -0.3 is 9.84 Å². The van der Waals surface area contributed by atoms with Gasteiger partial charge in [-0.1, -0.05) is 37.3 Å². The van der Waals surface area contributed by atoms with Crippen LogP contribution in [-0.4, -0.2) is 18.0 Å². The van der Waals surface area contributed by atoms with Gasteiger partial charge in [0.05, 0.1) is 6.42 Å². The summed E-state index contributed by atoms with van der Waals surface area (Å²) in [5.74, 6) is -1.48. The Morgan fingerprint density at radius 2 is 2.00 bits per heavy atom. The van der Waals surface area contributed by atoms with E-state index in [1.54, 1.807) is 12.1 Å². The van der Waals surface area contributed by atoms with Gasteiger partial charge in [-0.05, 0) is 6.42 Å². The molecule has 1 aromatic rings. The molecule has 88 valence electrons. The van der Waals surface area contributed by atoms with E-state index in [0.29, 0.717) is 12.0 Å². The first kappa shape index (κ1) is 12.9. The fraction of sp³-hybridized carbons (Fsp3) is 0.462. The predicted octanol–water partition coefficient (Wildman–Crippen LogP) is 2.24. The monoisotopic (exact) mass is 222 g/mol. The van der Waals surface area contributed by atoms with E-state index in [9.17, 15) is 9.90 Å². The summed E-state index contributed by atoms with van der Waals surface area (Å²) in [6.45, 7) is 1.94. The van der Waals surface area contributed by atoms with Crippen molar-refractivity contribution < 1.29 is 14.6 Å². The summed E-state index contributed by atoms with van der Waals surface area (Å²) < 4.78 is 5.08. The first-order chi connectivity index (χ1) is 7.62. The highest BCUT2D eigenvalue weighted by Crippen LogP contribution is 2.26. The molecule has 0 radical (unpaired) electrons. The van der Waals surface area contributed by atoms with Crippen LogP contribution in [0.15, 0.2) is 30.3 Å². The molecule has 1 unspecified atom stereocenters. The zero-order chi connectivity index (χ0) is 12.0. The first-order valence-electron chi connectivity index (χ1n) is 5.47. The molecule has 1 rings (SSSR count). The van der Waals surface area contributed by atoms with Crippen LogP contribution in [0.3, 0.4) is 0 Å². The summed E-state index contributed by atoms with van der Waals surface area (Å²) in [6.07, 6.45) is 1.26.